The summed E-state index contributed by atoms with van der Waals surface area (Å²) < 4.78 is 17.0. The second kappa shape index (κ2) is 10.7. The lowest BCUT2D eigenvalue weighted by atomic mass is 9.91. The predicted molar refractivity (Wildman–Crippen MR) is 137 cm³/mol. The van der Waals surface area contributed by atoms with E-state index in [9.17, 15) is 14.7 Å². The quantitative estimate of drug-likeness (QED) is 0.336. The molecule has 0 bridgehead atoms. The maximum Gasteiger partial charge on any atom is 0.338 e. The summed E-state index contributed by atoms with van der Waals surface area (Å²) >= 11 is 1.59. The number of rotatable bonds is 8. The molecule has 186 valence electrons. The fraction of sp³-hybridized carbons (Fsp3) is 0.310. The third-order valence-corrected chi connectivity index (χ3v) is 7.56. The standard InChI is InChI=1S/C29H28O6S/c1-18-13-23(17-36-18)33-16-22(30)11-12-24-25-14-28(31)34-27(25)15-26(24)35-29(32)21-9-7-20(8-10-21)19-5-3-2-4-6-19/h2-13,17,22,24-27,30H,14-16H2,1H3. The van der Waals surface area contributed by atoms with Crippen molar-refractivity contribution < 1.29 is 28.9 Å². The van der Waals surface area contributed by atoms with Crippen LogP contribution in [0.4, 0.5) is 0 Å². The van der Waals surface area contributed by atoms with Gasteiger partial charge in [0.1, 0.15) is 30.7 Å². The molecule has 1 N–H and O–H groups in total. The van der Waals surface area contributed by atoms with E-state index in [1.54, 1.807) is 29.5 Å². The van der Waals surface area contributed by atoms with Gasteiger partial charge in [-0.1, -0.05) is 54.6 Å². The molecular formula is C29H28O6S. The third-order valence-electron chi connectivity index (χ3n) is 6.72. The topological polar surface area (TPSA) is 82.1 Å². The zero-order valence-electron chi connectivity index (χ0n) is 19.9. The Morgan fingerprint density at radius 3 is 2.64 bits per heavy atom. The minimum Gasteiger partial charge on any atom is -0.490 e. The first-order valence-electron chi connectivity index (χ1n) is 12.1. The van der Waals surface area contributed by atoms with Crippen LogP contribution in [0.5, 0.6) is 5.75 Å². The first-order valence-corrected chi connectivity index (χ1v) is 12.9. The highest BCUT2D eigenvalue weighted by Gasteiger charge is 2.50. The average molecular weight is 505 g/mol. The highest BCUT2D eigenvalue weighted by atomic mass is 32.1. The summed E-state index contributed by atoms with van der Waals surface area (Å²) in [5.41, 5.74) is 2.56. The Balaban J connectivity index is 1.24. The van der Waals surface area contributed by atoms with Gasteiger partial charge in [0.25, 0.3) is 0 Å². The molecule has 2 aromatic carbocycles. The minimum absolute atomic E-state index is 0.0837. The first-order chi connectivity index (χ1) is 17.5. The summed E-state index contributed by atoms with van der Waals surface area (Å²) in [6.07, 6.45) is 2.66. The fourth-order valence-electron chi connectivity index (χ4n) is 4.91. The highest BCUT2D eigenvalue weighted by molar-refractivity contribution is 7.10. The van der Waals surface area contributed by atoms with E-state index in [0.717, 1.165) is 21.8 Å². The van der Waals surface area contributed by atoms with Gasteiger partial charge in [-0.25, -0.2) is 4.79 Å². The van der Waals surface area contributed by atoms with E-state index in [-0.39, 0.29) is 36.9 Å². The molecule has 0 spiro atoms. The van der Waals surface area contributed by atoms with Gasteiger partial charge in [-0.2, -0.15) is 0 Å². The minimum atomic E-state index is -0.829. The zero-order chi connectivity index (χ0) is 25.1. The van der Waals surface area contributed by atoms with Crippen LogP contribution >= 0.6 is 11.3 Å². The molecule has 0 amide bonds. The van der Waals surface area contributed by atoms with Crippen molar-refractivity contribution in [3.63, 3.8) is 0 Å². The monoisotopic (exact) mass is 504 g/mol. The molecule has 1 saturated heterocycles. The Morgan fingerprint density at radius 2 is 1.92 bits per heavy atom. The predicted octanol–water partition coefficient (Wildman–Crippen LogP) is 5.20. The van der Waals surface area contributed by atoms with Gasteiger partial charge in [0.15, 0.2) is 0 Å². The van der Waals surface area contributed by atoms with Crippen molar-refractivity contribution in [1.82, 2.24) is 0 Å². The summed E-state index contributed by atoms with van der Waals surface area (Å²) in [5, 5.41) is 12.3. The number of fused-ring (bicyclic) bond motifs is 1. The second-order valence-electron chi connectivity index (χ2n) is 9.25. The molecule has 1 aliphatic heterocycles. The summed E-state index contributed by atoms with van der Waals surface area (Å²) in [6, 6.07) is 19.2. The number of benzene rings is 2. The Labute approximate surface area is 214 Å². The number of hydrogen-bond acceptors (Lipinski definition) is 7. The molecule has 5 rings (SSSR count). The van der Waals surface area contributed by atoms with Crippen LogP contribution in [0.25, 0.3) is 11.1 Å². The van der Waals surface area contributed by atoms with E-state index < -0.39 is 18.2 Å². The summed E-state index contributed by atoms with van der Waals surface area (Å²) in [5.74, 6) is -0.236. The number of aliphatic hydroxyl groups excluding tert-OH is 1. The van der Waals surface area contributed by atoms with Crippen molar-refractivity contribution in [2.45, 2.75) is 38.1 Å². The van der Waals surface area contributed by atoms with Crippen LogP contribution in [0, 0.1) is 18.8 Å². The van der Waals surface area contributed by atoms with Crippen LogP contribution in [-0.2, 0) is 14.3 Å². The molecule has 36 heavy (non-hydrogen) atoms. The molecule has 2 fully saturated rings. The van der Waals surface area contributed by atoms with Crippen molar-refractivity contribution in [2.75, 3.05) is 6.61 Å². The van der Waals surface area contributed by atoms with Crippen molar-refractivity contribution in [2.24, 2.45) is 11.8 Å². The number of carbonyl (C=O) groups is 2. The van der Waals surface area contributed by atoms with Crippen LogP contribution in [0.15, 0.2) is 78.2 Å². The molecule has 2 aliphatic rings. The van der Waals surface area contributed by atoms with E-state index in [1.807, 2.05) is 66.9 Å². The Hall–Kier alpha value is -3.42. The second-order valence-corrected chi connectivity index (χ2v) is 10.4. The summed E-state index contributed by atoms with van der Waals surface area (Å²) in [4.78, 5) is 26.0. The van der Waals surface area contributed by atoms with Crippen LogP contribution in [0.3, 0.4) is 0 Å². The van der Waals surface area contributed by atoms with Crippen LogP contribution in [-0.4, -0.2) is 42.0 Å². The van der Waals surface area contributed by atoms with Crippen LogP contribution < -0.4 is 4.74 Å². The van der Waals surface area contributed by atoms with Gasteiger partial charge in [0.05, 0.1) is 12.0 Å². The third kappa shape index (κ3) is 5.53. The Bertz CT molecular complexity index is 1230. The molecule has 7 heteroatoms. The van der Waals surface area contributed by atoms with E-state index in [1.165, 1.54) is 0 Å². The molecule has 3 aromatic rings. The lowest BCUT2D eigenvalue weighted by molar-refractivity contribution is -0.141. The molecule has 1 saturated carbocycles. The maximum absolute atomic E-state index is 13.0. The number of esters is 2. The summed E-state index contributed by atoms with van der Waals surface area (Å²) in [7, 11) is 0. The van der Waals surface area contributed by atoms with Crippen molar-refractivity contribution in [3.8, 4) is 16.9 Å². The molecule has 5 unspecified atom stereocenters. The Morgan fingerprint density at radius 1 is 1.17 bits per heavy atom. The van der Waals surface area contributed by atoms with Gasteiger partial charge in [-0.15, -0.1) is 11.3 Å². The smallest absolute Gasteiger partial charge is 0.338 e. The van der Waals surface area contributed by atoms with E-state index in [4.69, 9.17) is 14.2 Å². The lowest BCUT2D eigenvalue weighted by Gasteiger charge is -2.20. The van der Waals surface area contributed by atoms with Crippen molar-refractivity contribution >= 4 is 23.3 Å². The van der Waals surface area contributed by atoms with Gasteiger partial charge >= 0.3 is 11.9 Å². The molecule has 2 heterocycles. The average Bonchev–Trinajstić information content (AvgIpc) is 3.55. The first kappa shape index (κ1) is 24.3. The zero-order valence-corrected chi connectivity index (χ0v) is 20.7. The lowest BCUT2D eigenvalue weighted by Crippen LogP contribution is -2.25. The van der Waals surface area contributed by atoms with Gasteiger partial charge in [-0.05, 0) is 36.2 Å². The van der Waals surface area contributed by atoms with Crippen molar-refractivity contribution in [3.05, 3.63) is 88.6 Å². The van der Waals surface area contributed by atoms with Gasteiger partial charge in [-0.3, -0.25) is 4.79 Å². The van der Waals surface area contributed by atoms with Gasteiger partial charge < -0.3 is 19.3 Å². The number of aryl methyl sites for hydroxylation is 1. The van der Waals surface area contributed by atoms with Gasteiger partial charge in [0.2, 0.25) is 0 Å². The largest absolute Gasteiger partial charge is 0.490 e. The Kier molecular flexibility index (Phi) is 7.20. The maximum atomic E-state index is 13.0. The number of thiophene rings is 1. The molecule has 1 aliphatic carbocycles. The fourth-order valence-corrected chi connectivity index (χ4v) is 5.54. The van der Waals surface area contributed by atoms with Crippen LogP contribution in [0.2, 0.25) is 0 Å². The van der Waals surface area contributed by atoms with E-state index in [0.29, 0.717) is 12.0 Å². The molecule has 6 nitrogen and oxygen atoms in total. The summed E-state index contributed by atoms with van der Waals surface area (Å²) in [6.45, 7) is 2.11. The SMILES string of the molecule is Cc1cc(OCC(O)C=CC2C(OC(=O)c3ccc(-c4ccccc4)cc3)CC3OC(=O)CC32)cs1. The van der Waals surface area contributed by atoms with E-state index in [2.05, 4.69) is 0 Å². The van der Waals surface area contributed by atoms with E-state index >= 15 is 0 Å². The number of carbonyl (C=O) groups excluding carboxylic acids is 2. The number of hydrogen-bond donors (Lipinski definition) is 1. The normalized spacial score (nSPS) is 23.9. The molecule has 0 radical (unpaired) electrons. The van der Waals surface area contributed by atoms with Gasteiger partial charge in [0, 0.05) is 28.5 Å². The highest BCUT2D eigenvalue weighted by Crippen LogP contribution is 2.43. The number of ether oxygens (including phenoxy) is 3. The van der Waals surface area contributed by atoms with Crippen molar-refractivity contribution in [1.29, 1.82) is 0 Å². The molecule has 1 aromatic heterocycles. The van der Waals surface area contributed by atoms with Crippen LogP contribution in [0.1, 0.15) is 28.1 Å². The molecular weight excluding hydrogens is 476 g/mol. The number of aliphatic hydroxyl groups is 1. The molecule has 5 atom stereocenters.